The molecule has 0 aliphatic carbocycles. The van der Waals surface area contributed by atoms with Crippen molar-refractivity contribution in [2.24, 2.45) is 0 Å². The SMILES string of the molecule is O=C(C[C@@]1(O)C(=O)N(Cc2ccccc2)c2cc(Br)ccc21)c1ccccc1. The number of carbonyl (C=O) groups excluding carboxylic acids is 2. The highest BCUT2D eigenvalue weighted by atomic mass is 79.9. The van der Waals surface area contributed by atoms with Crippen LogP contribution in [0.15, 0.2) is 83.3 Å². The van der Waals surface area contributed by atoms with Gasteiger partial charge in [-0.15, -0.1) is 0 Å². The summed E-state index contributed by atoms with van der Waals surface area (Å²) in [7, 11) is 0. The molecule has 0 bridgehead atoms. The Hall–Kier alpha value is -2.76. The van der Waals surface area contributed by atoms with Gasteiger partial charge in [0.05, 0.1) is 18.7 Å². The standard InChI is InChI=1S/C23H18BrNO3/c24-18-11-12-19-20(13-18)25(15-16-7-3-1-4-8-16)22(27)23(19,28)14-21(26)17-9-5-2-6-10-17/h1-13,28H,14-15H2/t23-/m0/s1. The molecule has 0 spiro atoms. The fourth-order valence-electron chi connectivity index (χ4n) is 3.58. The molecular weight excluding hydrogens is 418 g/mol. The second-order valence-corrected chi connectivity index (χ2v) is 7.78. The molecule has 3 aromatic carbocycles. The average Bonchev–Trinajstić information content (AvgIpc) is 2.90. The van der Waals surface area contributed by atoms with E-state index >= 15 is 0 Å². The summed E-state index contributed by atoms with van der Waals surface area (Å²) in [6, 6.07) is 23.6. The number of anilines is 1. The molecule has 0 fully saturated rings. The summed E-state index contributed by atoms with van der Waals surface area (Å²) in [5.41, 5.74) is 0.620. The van der Waals surface area contributed by atoms with Crippen LogP contribution in [0.2, 0.25) is 0 Å². The minimum atomic E-state index is -1.88. The lowest BCUT2D eigenvalue weighted by Gasteiger charge is -2.23. The number of Topliss-reactive ketones (excluding diaryl/α,β-unsaturated/α-hetero) is 1. The van der Waals surface area contributed by atoms with Crippen molar-refractivity contribution in [2.45, 2.75) is 18.6 Å². The van der Waals surface area contributed by atoms with E-state index in [0.29, 0.717) is 23.4 Å². The van der Waals surface area contributed by atoms with Gasteiger partial charge in [0.15, 0.2) is 11.4 Å². The van der Waals surface area contributed by atoms with E-state index in [2.05, 4.69) is 15.9 Å². The molecular formula is C23H18BrNO3. The first kappa shape index (κ1) is 18.6. The number of ketones is 1. The lowest BCUT2D eigenvalue weighted by molar-refractivity contribution is -0.136. The van der Waals surface area contributed by atoms with Crippen molar-refractivity contribution in [3.63, 3.8) is 0 Å². The van der Waals surface area contributed by atoms with Gasteiger partial charge in [0.25, 0.3) is 5.91 Å². The zero-order valence-corrected chi connectivity index (χ0v) is 16.6. The summed E-state index contributed by atoms with van der Waals surface area (Å²) in [6.07, 6.45) is -0.296. The molecule has 0 radical (unpaired) electrons. The monoisotopic (exact) mass is 435 g/mol. The third kappa shape index (κ3) is 3.28. The predicted molar refractivity (Wildman–Crippen MR) is 111 cm³/mol. The second-order valence-electron chi connectivity index (χ2n) is 6.86. The number of rotatable bonds is 5. The minimum absolute atomic E-state index is 0.271. The average molecular weight is 436 g/mol. The third-order valence-electron chi connectivity index (χ3n) is 4.99. The number of hydrogen-bond donors (Lipinski definition) is 1. The molecule has 4 rings (SSSR count). The fourth-order valence-corrected chi connectivity index (χ4v) is 3.93. The van der Waals surface area contributed by atoms with Crippen molar-refractivity contribution in [3.05, 3.63) is 100 Å². The number of aliphatic hydroxyl groups is 1. The zero-order chi connectivity index (χ0) is 19.7. The van der Waals surface area contributed by atoms with Gasteiger partial charge in [-0.2, -0.15) is 0 Å². The molecule has 140 valence electrons. The van der Waals surface area contributed by atoms with Crippen LogP contribution in [0.5, 0.6) is 0 Å². The Bertz CT molecular complexity index is 1040. The van der Waals surface area contributed by atoms with Gasteiger partial charge in [-0.25, -0.2) is 0 Å². The molecule has 1 aliphatic heterocycles. The van der Waals surface area contributed by atoms with Crippen LogP contribution in [0.1, 0.15) is 27.9 Å². The van der Waals surface area contributed by atoms with Gasteiger partial charge >= 0.3 is 0 Å². The van der Waals surface area contributed by atoms with E-state index in [-0.39, 0.29) is 12.2 Å². The molecule has 1 aliphatic rings. The number of carbonyl (C=O) groups is 2. The number of benzene rings is 3. The van der Waals surface area contributed by atoms with E-state index in [1.54, 1.807) is 47.4 Å². The van der Waals surface area contributed by atoms with Crippen molar-refractivity contribution in [1.82, 2.24) is 0 Å². The van der Waals surface area contributed by atoms with Crippen LogP contribution in [-0.4, -0.2) is 16.8 Å². The molecule has 0 aromatic heterocycles. The van der Waals surface area contributed by atoms with E-state index in [9.17, 15) is 14.7 Å². The first-order valence-electron chi connectivity index (χ1n) is 8.95. The Morgan fingerprint density at radius 1 is 0.964 bits per heavy atom. The van der Waals surface area contributed by atoms with Crippen LogP contribution >= 0.6 is 15.9 Å². The lowest BCUT2D eigenvalue weighted by atomic mass is 9.88. The summed E-state index contributed by atoms with van der Waals surface area (Å²) < 4.78 is 0.802. The van der Waals surface area contributed by atoms with E-state index < -0.39 is 11.5 Å². The molecule has 5 heteroatoms. The van der Waals surface area contributed by atoms with Crippen LogP contribution in [-0.2, 0) is 16.9 Å². The molecule has 0 saturated heterocycles. The topological polar surface area (TPSA) is 57.6 Å². The molecule has 4 nitrogen and oxygen atoms in total. The van der Waals surface area contributed by atoms with Crippen LogP contribution in [0, 0.1) is 0 Å². The quantitative estimate of drug-likeness (QED) is 0.601. The minimum Gasteiger partial charge on any atom is -0.375 e. The molecule has 0 saturated carbocycles. The summed E-state index contributed by atoms with van der Waals surface area (Å²) >= 11 is 3.44. The molecule has 1 amide bonds. The van der Waals surface area contributed by atoms with Crippen molar-refractivity contribution in [2.75, 3.05) is 4.90 Å². The molecule has 1 heterocycles. The van der Waals surface area contributed by atoms with Gasteiger partial charge in [0.1, 0.15) is 0 Å². The highest BCUT2D eigenvalue weighted by Crippen LogP contribution is 2.44. The van der Waals surface area contributed by atoms with Gasteiger partial charge < -0.3 is 10.0 Å². The Balaban J connectivity index is 1.72. The number of halogens is 1. The van der Waals surface area contributed by atoms with E-state index in [0.717, 1.165) is 10.0 Å². The van der Waals surface area contributed by atoms with Gasteiger partial charge in [-0.05, 0) is 17.7 Å². The summed E-state index contributed by atoms with van der Waals surface area (Å²) in [6.45, 7) is 0.324. The van der Waals surface area contributed by atoms with Gasteiger partial charge in [0, 0.05) is 15.6 Å². The van der Waals surface area contributed by atoms with Crippen LogP contribution < -0.4 is 4.90 Å². The normalized spacial score (nSPS) is 18.2. The fraction of sp³-hybridized carbons (Fsp3) is 0.130. The van der Waals surface area contributed by atoms with E-state index in [4.69, 9.17) is 0 Å². The smallest absolute Gasteiger partial charge is 0.264 e. The van der Waals surface area contributed by atoms with Crippen molar-refractivity contribution in [3.8, 4) is 0 Å². The molecule has 28 heavy (non-hydrogen) atoms. The highest BCUT2D eigenvalue weighted by Gasteiger charge is 2.50. The van der Waals surface area contributed by atoms with Gasteiger partial charge in [0.2, 0.25) is 0 Å². The van der Waals surface area contributed by atoms with Crippen molar-refractivity contribution in [1.29, 1.82) is 0 Å². The maximum Gasteiger partial charge on any atom is 0.264 e. The van der Waals surface area contributed by atoms with E-state index in [1.807, 2.05) is 36.4 Å². The largest absolute Gasteiger partial charge is 0.375 e. The number of amides is 1. The van der Waals surface area contributed by atoms with Crippen LogP contribution in [0.3, 0.4) is 0 Å². The Morgan fingerprint density at radius 3 is 2.29 bits per heavy atom. The third-order valence-corrected chi connectivity index (χ3v) is 5.48. The van der Waals surface area contributed by atoms with Crippen LogP contribution in [0.25, 0.3) is 0 Å². The predicted octanol–water partition coefficient (Wildman–Crippen LogP) is 4.46. The zero-order valence-electron chi connectivity index (χ0n) is 15.0. The van der Waals surface area contributed by atoms with Gasteiger partial charge in [-0.3, -0.25) is 9.59 Å². The van der Waals surface area contributed by atoms with Crippen LogP contribution in [0.4, 0.5) is 5.69 Å². The molecule has 1 N–H and O–H groups in total. The van der Waals surface area contributed by atoms with E-state index in [1.165, 1.54) is 0 Å². The Kier molecular flexibility index (Phi) is 4.87. The first-order valence-corrected chi connectivity index (χ1v) is 9.75. The van der Waals surface area contributed by atoms with Gasteiger partial charge in [-0.1, -0.05) is 82.7 Å². The maximum absolute atomic E-state index is 13.3. The number of hydrogen-bond acceptors (Lipinski definition) is 3. The Labute approximate surface area is 171 Å². The number of nitrogens with zero attached hydrogens (tertiary/aromatic N) is 1. The second kappa shape index (κ2) is 7.34. The Morgan fingerprint density at radius 2 is 1.61 bits per heavy atom. The summed E-state index contributed by atoms with van der Waals surface area (Å²) in [4.78, 5) is 27.6. The molecule has 0 unspecified atom stereocenters. The first-order chi connectivity index (χ1) is 13.5. The molecule has 1 atom stereocenters. The van der Waals surface area contributed by atoms with Crippen molar-refractivity contribution < 1.29 is 14.7 Å². The van der Waals surface area contributed by atoms with Crippen molar-refractivity contribution >= 4 is 33.3 Å². The summed E-state index contributed by atoms with van der Waals surface area (Å²) in [5, 5.41) is 11.4. The summed E-state index contributed by atoms with van der Waals surface area (Å²) in [5.74, 6) is -0.749. The molecule has 3 aromatic rings. The lowest BCUT2D eigenvalue weighted by Crippen LogP contribution is -2.41. The highest BCUT2D eigenvalue weighted by molar-refractivity contribution is 9.10. The number of fused-ring (bicyclic) bond motifs is 1. The maximum atomic E-state index is 13.3.